The fourth-order valence-corrected chi connectivity index (χ4v) is 1.27. The molecule has 1 aromatic heterocycles. The van der Waals surface area contributed by atoms with Crippen LogP contribution >= 0.6 is 0 Å². The monoisotopic (exact) mass is 218 g/mol. The zero-order valence-corrected chi connectivity index (χ0v) is 9.43. The standard InChI is InChI=1S/C12H14N2O2/c1-3-11-13-14-12(16-11)8-15-10-6-4-9(2)5-7-10/h4-7H,3,8H2,1-2H3. The van der Waals surface area contributed by atoms with Gasteiger partial charge in [-0.05, 0) is 19.1 Å². The predicted octanol–water partition coefficient (Wildman–Crippen LogP) is 2.52. The second-order valence-electron chi connectivity index (χ2n) is 3.54. The molecule has 0 radical (unpaired) electrons. The van der Waals surface area contributed by atoms with Crippen LogP contribution in [0.5, 0.6) is 5.75 Å². The lowest BCUT2D eigenvalue weighted by atomic mass is 10.2. The molecule has 0 saturated carbocycles. The van der Waals surface area contributed by atoms with Crippen LogP contribution in [0.4, 0.5) is 0 Å². The summed E-state index contributed by atoms with van der Waals surface area (Å²) in [5.74, 6) is 1.96. The van der Waals surface area contributed by atoms with Crippen molar-refractivity contribution in [3.63, 3.8) is 0 Å². The molecule has 0 amide bonds. The SMILES string of the molecule is CCc1nnc(COc2ccc(C)cc2)o1. The van der Waals surface area contributed by atoms with Crippen LogP contribution in [0, 0.1) is 6.92 Å². The first kappa shape index (κ1) is 10.7. The van der Waals surface area contributed by atoms with Crippen molar-refractivity contribution in [1.29, 1.82) is 0 Å². The van der Waals surface area contributed by atoms with E-state index in [1.54, 1.807) is 0 Å². The summed E-state index contributed by atoms with van der Waals surface area (Å²) in [5.41, 5.74) is 1.21. The molecule has 0 aliphatic heterocycles. The third-order valence-electron chi connectivity index (χ3n) is 2.19. The van der Waals surface area contributed by atoms with Gasteiger partial charge in [0.05, 0.1) is 0 Å². The lowest BCUT2D eigenvalue weighted by Gasteiger charge is -2.02. The summed E-state index contributed by atoms with van der Waals surface area (Å²) in [6, 6.07) is 7.85. The van der Waals surface area contributed by atoms with Gasteiger partial charge in [0, 0.05) is 6.42 Å². The summed E-state index contributed by atoms with van der Waals surface area (Å²) in [6.07, 6.45) is 0.748. The number of nitrogens with zero attached hydrogens (tertiary/aromatic N) is 2. The third-order valence-corrected chi connectivity index (χ3v) is 2.19. The minimum atomic E-state index is 0.316. The molecule has 0 aliphatic rings. The van der Waals surface area contributed by atoms with Gasteiger partial charge in [0.15, 0.2) is 6.61 Å². The largest absolute Gasteiger partial charge is 0.484 e. The normalized spacial score (nSPS) is 10.4. The van der Waals surface area contributed by atoms with Crippen LogP contribution in [0.2, 0.25) is 0 Å². The molecule has 0 bridgehead atoms. The van der Waals surface area contributed by atoms with E-state index in [1.807, 2.05) is 38.1 Å². The Kier molecular flexibility index (Phi) is 3.19. The Morgan fingerprint density at radius 2 is 1.81 bits per heavy atom. The highest BCUT2D eigenvalue weighted by atomic mass is 16.5. The molecule has 1 aromatic carbocycles. The quantitative estimate of drug-likeness (QED) is 0.791. The van der Waals surface area contributed by atoms with E-state index in [2.05, 4.69) is 10.2 Å². The van der Waals surface area contributed by atoms with Crippen LogP contribution in [0.25, 0.3) is 0 Å². The molecular weight excluding hydrogens is 204 g/mol. The molecule has 0 saturated heterocycles. The summed E-state index contributed by atoms with van der Waals surface area (Å²) in [5, 5.41) is 7.74. The van der Waals surface area contributed by atoms with Crippen LogP contribution in [0.1, 0.15) is 24.3 Å². The van der Waals surface area contributed by atoms with Crippen LogP contribution in [0.15, 0.2) is 28.7 Å². The van der Waals surface area contributed by atoms with Gasteiger partial charge in [-0.3, -0.25) is 0 Å². The van der Waals surface area contributed by atoms with Crippen molar-refractivity contribution >= 4 is 0 Å². The zero-order chi connectivity index (χ0) is 11.4. The molecule has 0 unspecified atom stereocenters. The van der Waals surface area contributed by atoms with Crippen molar-refractivity contribution in [2.75, 3.05) is 0 Å². The second-order valence-corrected chi connectivity index (χ2v) is 3.54. The number of ether oxygens (including phenoxy) is 1. The number of hydrogen-bond donors (Lipinski definition) is 0. The summed E-state index contributed by atoms with van der Waals surface area (Å²) in [6.45, 7) is 4.32. The average Bonchev–Trinajstić information content (AvgIpc) is 2.76. The summed E-state index contributed by atoms with van der Waals surface area (Å²) in [7, 11) is 0. The van der Waals surface area contributed by atoms with Crippen molar-refractivity contribution in [2.45, 2.75) is 26.9 Å². The van der Waals surface area contributed by atoms with Crippen molar-refractivity contribution in [3.8, 4) is 5.75 Å². The molecule has 2 aromatic rings. The molecule has 0 N–H and O–H groups in total. The van der Waals surface area contributed by atoms with Gasteiger partial charge in [0.1, 0.15) is 5.75 Å². The maximum absolute atomic E-state index is 5.51. The van der Waals surface area contributed by atoms with E-state index >= 15 is 0 Å². The summed E-state index contributed by atoms with van der Waals surface area (Å²) >= 11 is 0. The molecule has 0 spiro atoms. The highest BCUT2D eigenvalue weighted by Gasteiger charge is 2.04. The van der Waals surface area contributed by atoms with Crippen molar-refractivity contribution in [3.05, 3.63) is 41.6 Å². The minimum absolute atomic E-state index is 0.316. The van der Waals surface area contributed by atoms with Gasteiger partial charge in [-0.15, -0.1) is 10.2 Å². The van der Waals surface area contributed by atoms with E-state index in [0.29, 0.717) is 18.4 Å². The minimum Gasteiger partial charge on any atom is -0.484 e. The Morgan fingerprint density at radius 3 is 2.44 bits per heavy atom. The molecule has 0 fully saturated rings. The van der Waals surface area contributed by atoms with Crippen LogP contribution in [-0.4, -0.2) is 10.2 Å². The first-order chi connectivity index (χ1) is 7.78. The lowest BCUT2D eigenvalue weighted by molar-refractivity contribution is 0.259. The number of hydrogen-bond acceptors (Lipinski definition) is 4. The molecule has 4 nitrogen and oxygen atoms in total. The average molecular weight is 218 g/mol. The Morgan fingerprint density at radius 1 is 1.12 bits per heavy atom. The van der Waals surface area contributed by atoms with E-state index in [1.165, 1.54) is 5.56 Å². The van der Waals surface area contributed by atoms with Crippen molar-refractivity contribution < 1.29 is 9.15 Å². The Hall–Kier alpha value is -1.84. The van der Waals surface area contributed by atoms with Crippen LogP contribution < -0.4 is 4.74 Å². The van der Waals surface area contributed by atoms with Crippen LogP contribution in [-0.2, 0) is 13.0 Å². The molecule has 16 heavy (non-hydrogen) atoms. The fourth-order valence-electron chi connectivity index (χ4n) is 1.27. The number of rotatable bonds is 4. The third kappa shape index (κ3) is 2.59. The number of benzene rings is 1. The Balaban J connectivity index is 1.94. The van der Waals surface area contributed by atoms with E-state index in [9.17, 15) is 0 Å². The molecule has 1 heterocycles. The van der Waals surface area contributed by atoms with E-state index in [0.717, 1.165) is 12.2 Å². The molecule has 2 rings (SSSR count). The Bertz CT molecular complexity index is 448. The van der Waals surface area contributed by atoms with Gasteiger partial charge in [-0.1, -0.05) is 24.6 Å². The summed E-state index contributed by atoms with van der Waals surface area (Å²) in [4.78, 5) is 0. The highest BCUT2D eigenvalue weighted by Crippen LogP contribution is 2.13. The van der Waals surface area contributed by atoms with Gasteiger partial charge < -0.3 is 9.15 Å². The Labute approximate surface area is 94.3 Å². The van der Waals surface area contributed by atoms with Gasteiger partial charge in [-0.25, -0.2) is 0 Å². The zero-order valence-electron chi connectivity index (χ0n) is 9.43. The van der Waals surface area contributed by atoms with Gasteiger partial charge in [0.25, 0.3) is 5.89 Å². The van der Waals surface area contributed by atoms with E-state index in [-0.39, 0.29) is 0 Å². The first-order valence-corrected chi connectivity index (χ1v) is 5.28. The maximum Gasteiger partial charge on any atom is 0.253 e. The summed E-state index contributed by atoms with van der Waals surface area (Å²) < 4.78 is 10.8. The number of aromatic nitrogens is 2. The van der Waals surface area contributed by atoms with Gasteiger partial charge in [-0.2, -0.15) is 0 Å². The van der Waals surface area contributed by atoms with Crippen molar-refractivity contribution in [2.24, 2.45) is 0 Å². The molecular formula is C12H14N2O2. The van der Waals surface area contributed by atoms with Crippen molar-refractivity contribution in [1.82, 2.24) is 10.2 Å². The smallest absolute Gasteiger partial charge is 0.253 e. The molecule has 4 heteroatoms. The predicted molar refractivity (Wildman–Crippen MR) is 59.2 cm³/mol. The lowest BCUT2D eigenvalue weighted by Crippen LogP contribution is -1.95. The molecule has 84 valence electrons. The van der Waals surface area contributed by atoms with Gasteiger partial charge >= 0.3 is 0 Å². The maximum atomic E-state index is 5.51. The van der Waals surface area contributed by atoms with Crippen LogP contribution in [0.3, 0.4) is 0 Å². The van der Waals surface area contributed by atoms with Gasteiger partial charge in [0.2, 0.25) is 5.89 Å². The van der Waals surface area contributed by atoms with E-state index in [4.69, 9.17) is 9.15 Å². The molecule has 0 atom stereocenters. The number of aryl methyl sites for hydroxylation is 2. The second kappa shape index (κ2) is 4.79. The fraction of sp³-hybridized carbons (Fsp3) is 0.333. The molecule has 0 aliphatic carbocycles. The van der Waals surface area contributed by atoms with E-state index < -0.39 is 0 Å². The topological polar surface area (TPSA) is 48.2 Å². The highest BCUT2D eigenvalue weighted by molar-refractivity contribution is 5.26. The first-order valence-electron chi connectivity index (χ1n) is 5.28.